The van der Waals surface area contributed by atoms with Gasteiger partial charge in [0.1, 0.15) is 0 Å². The first-order chi connectivity index (χ1) is 23.8. The molecule has 8 aromatic rings. The van der Waals surface area contributed by atoms with Gasteiger partial charge in [0.15, 0.2) is 17.5 Å². The molecule has 0 radical (unpaired) electrons. The van der Waals surface area contributed by atoms with Gasteiger partial charge < -0.3 is 0 Å². The summed E-state index contributed by atoms with van der Waals surface area (Å²) < 4.78 is 0. The Labute approximate surface area is 280 Å². The molecule has 3 heteroatoms. The molecule has 0 atom stereocenters. The molecular weight excluding hydrogens is 583 g/mol. The lowest BCUT2D eigenvalue weighted by molar-refractivity contribution is 1.07. The van der Waals surface area contributed by atoms with E-state index in [1.54, 1.807) is 0 Å². The van der Waals surface area contributed by atoms with Gasteiger partial charge in [0.2, 0.25) is 0 Å². The third-order valence-corrected chi connectivity index (χ3v) is 8.59. The van der Waals surface area contributed by atoms with Crippen molar-refractivity contribution < 1.29 is 0 Å². The highest BCUT2D eigenvalue weighted by Gasteiger charge is 2.20. The van der Waals surface area contributed by atoms with Crippen LogP contribution in [0.4, 0.5) is 0 Å². The van der Waals surface area contributed by atoms with Gasteiger partial charge in [-0.05, 0) is 44.5 Å². The molecule has 0 bridgehead atoms. The summed E-state index contributed by atoms with van der Waals surface area (Å²) in [6.07, 6.45) is 0. The second-order valence-corrected chi connectivity index (χ2v) is 11.7. The predicted octanol–water partition coefficient (Wildman–Crippen LogP) is 11.5. The van der Waals surface area contributed by atoms with E-state index in [1.807, 2.05) is 24.3 Å². The molecule has 0 saturated heterocycles. The highest BCUT2D eigenvalue weighted by atomic mass is 15.0. The monoisotopic (exact) mass is 613 g/mol. The number of hydrogen-bond acceptors (Lipinski definition) is 3. The van der Waals surface area contributed by atoms with Crippen molar-refractivity contribution in [3.05, 3.63) is 188 Å². The van der Waals surface area contributed by atoms with E-state index in [4.69, 9.17) is 15.0 Å². The Balaban J connectivity index is 1.33. The zero-order chi connectivity index (χ0) is 32.1. The zero-order valence-corrected chi connectivity index (χ0v) is 26.2. The average Bonchev–Trinajstić information content (AvgIpc) is 3.19. The molecule has 7 aromatic carbocycles. The topological polar surface area (TPSA) is 38.7 Å². The van der Waals surface area contributed by atoms with Gasteiger partial charge in [0, 0.05) is 16.7 Å². The van der Waals surface area contributed by atoms with Gasteiger partial charge in [-0.2, -0.15) is 0 Å². The molecule has 0 spiro atoms. The maximum Gasteiger partial charge on any atom is 0.165 e. The summed E-state index contributed by atoms with van der Waals surface area (Å²) in [5, 5.41) is 0. The predicted molar refractivity (Wildman–Crippen MR) is 198 cm³/mol. The summed E-state index contributed by atoms with van der Waals surface area (Å²) in [6.45, 7) is 0. The normalized spacial score (nSPS) is 10.9. The molecule has 0 unspecified atom stereocenters. The van der Waals surface area contributed by atoms with Crippen molar-refractivity contribution in [2.75, 3.05) is 0 Å². The fraction of sp³-hybridized carbons (Fsp3) is 0. The fourth-order valence-corrected chi connectivity index (χ4v) is 6.14. The Morgan fingerprint density at radius 1 is 0.208 bits per heavy atom. The van der Waals surface area contributed by atoms with Crippen LogP contribution in [0.3, 0.4) is 0 Å². The second kappa shape index (κ2) is 13.1. The van der Waals surface area contributed by atoms with Crippen LogP contribution in [-0.2, 0) is 0 Å². The molecule has 226 valence electrons. The van der Waals surface area contributed by atoms with E-state index in [0.29, 0.717) is 17.5 Å². The van der Waals surface area contributed by atoms with Crippen LogP contribution in [0.2, 0.25) is 0 Å². The minimum Gasteiger partial charge on any atom is -0.208 e. The average molecular weight is 614 g/mol. The van der Waals surface area contributed by atoms with E-state index in [2.05, 4.69) is 164 Å². The lowest BCUT2D eigenvalue weighted by Crippen LogP contribution is -2.02. The van der Waals surface area contributed by atoms with Gasteiger partial charge >= 0.3 is 0 Å². The molecule has 1 aromatic heterocycles. The van der Waals surface area contributed by atoms with Crippen LogP contribution in [0.5, 0.6) is 0 Å². The van der Waals surface area contributed by atoms with Crippen molar-refractivity contribution in [3.63, 3.8) is 0 Å². The summed E-state index contributed by atoms with van der Waals surface area (Å²) in [6, 6.07) is 65.1. The second-order valence-electron chi connectivity index (χ2n) is 11.7. The number of benzene rings is 7. The molecule has 48 heavy (non-hydrogen) atoms. The van der Waals surface area contributed by atoms with E-state index >= 15 is 0 Å². The van der Waals surface area contributed by atoms with Crippen molar-refractivity contribution in [1.29, 1.82) is 0 Å². The Kier molecular flexibility index (Phi) is 7.92. The Morgan fingerprint density at radius 2 is 0.500 bits per heavy atom. The lowest BCUT2D eigenvalue weighted by Gasteiger charge is -2.16. The maximum absolute atomic E-state index is 5.22. The Hall–Kier alpha value is -6.45. The van der Waals surface area contributed by atoms with Gasteiger partial charge in [-0.15, -0.1) is 0 Å². The molecular formula is C45H31N3. The molecule has 0 fully saturated rings. The van der Waals surface area contributed by atoms with Crippen molar-refractivity contribution >= 4 is 0 Å². The van der Waals surface area contributed by atoms with Crippen molar-refractivity contribution in [2.45, 2.75) is 0 Å². The fourth-order valence-electron chi connectivity index (χ4n) is 6.14. The summed E-state index contributed by atoms with van der Waals surface area (Å²) in [5.41, 5.74) is 11.8. The SMILES string of the molecule is c1ccc(-c2ccc(-c3nc(-c4ccc(-c5ccccc5)cc4)nc(-c4c(-c5ccccc5)cccc4-c4ccccc4)n3)cc2)cc1. The van der Waals surface area contributed by atoms with Gasteiger partial charge in [0.25, 0.3) is 0 Å². The number of hydrogen-bond donors (Lipinski definition) is 0. The molecule has 0 saturated carbocycles. The molecule has 8 rings (SSSR count). The highest BCUT2D eigenvalue weighted by molar-refractivity contribution is 5.93. The van der Waals surface area contributed by atoms with Gasteiger partial charge in [-0.3, -0.25) is 0 Å². The molecule has 3 nitrogen and oxygen atoms in total. The van der Waals surface area contributed by atoms with Crippen LogP contribution in [-0.4, -0.2) is 15.0 Å². The Morgan fingerprint density at radius 3 is 0.875 bits per heavy atom. The van der Waals surface area contributed by atoms with Crippen LogP contribution >= 0.6 is 0 Å². The molecule has 0 aliphatic rings. The minimum absolute atomic E-state index is 0.628. The Bertz CT molecular complexity index is 2120. The van der Waals surface area contributed by atoms with Crippen LogP contribution in [0.25, 0.3) is 78.7 Å². The van der Waals surface area contributed by atoms with Crippen LogP contribution in [0, 0.1) is 0 Å². The zero-order valence-electron chi connectivity index (χ0n) is 26.2. The highest BCUT2D eigenvalue weighted by Crippen LogP contribution is 2.40. The molecule has 1 heterocycles. The summed E-state index contributed by atoms with van der Waals surface area (Å²) in [5.74, 6) is 1.89. The smallest absolute Gasteiger partial charge is 0.165 e. The van der Waals surface area contributed by atoms with Crippen LogP contribution in [0.15, 0.2) is 188 Å². The first-order valence-electron chi connectivity index (χ1n) is 16.1. The van der Waals surface area contributed by atoms with Gasteiger partial charge in [-0.25, -0.2) is 15.0 Å². The number of nitrogens with zero attached hydrogens (tertiary/aromatic N) is 3. The first-order valence-corrected chi connectivity index (χ1v) is 16.1. The summed E-state index contributed by atoms with van der Waals surface area (Å²) >= 11 is 0. The summed E-state index contributed by atoms with van der Waals surface area (Å²) in [7, 11) is 0. The quantitative estimate of drug-likeness (QED) is 0.179. The molecule has 0 aliphatic heterocycles. The van der Waals surface area contributed by atoms with E-state index in [9.17, 15) is 0 Å². The molecule has 0 aliphatic carbocycles. The number of rotatable bonds is 7. The summed E-state index contributed by atoms with van der Waals surface area (Å²) in [4.78, 5) is 15.5. The van der Waals surface area contributed by atoms with Crippen molar-refractivity contribution in [1.82, 2.24) is 15.0 Å². The largest absolute Gasteiger partial charge is 0.208 e. The first kappa shape index (κ1) is 29.0. The molecule has 0 N–H and O–H groups in total. The van der Waals surface area contributed by atoms with Crippen LogP contribution < -0.4 is 0 Å². The molecule has 0 amide bonds. The van der Waals surface area contributed by atoms with Crippen LogP contribution in [0.1, 0.15) is 0 Å². The van der Waals surface area contributed by atoms with E-state index < -0.39 is 0 Å². The standard InChI is InChI=1S/C45H31N3/c1-5-14-32(15-6-1)34-24-28-38(29-25-34)43-46-44(39-30-26-35(27-31-39)33-16-7-2-8-17-33)48-45(47-43)42-40(36-18-9-3-10-19-36)22-13-23-41(42)37-20-11-4-12-21-37/h1-31H. The lowest BCUT2D eigenvalue weighted by atomic mass is 9.91. The van der Waals surface area contributed by atoms with E-state index in [-0.39, 0.29) is 0 Å². The third-order valence-electron chi connectivity index (χ3n) is 8.59. The minimum atomic E-state index is 0.628. The maximum atomic E-state index is 5.22. The van der Waals surface area contributed by atoms with E-state index in [0.717, 1.165) is 50.1 Å². The van der Waals surface area contributed by atoms with Gasteiger partial charge in [0.05, 0.1) is 0 Å². The van der Waals surface area contributed by atoms with Crippen molar-refractivity contribution in [3.8, 4) is 78.7 Å². The van der Waals surface area contributed by atoms with Crippen molar-refractivity contribution in [2.24, 2.45) is 0 Å². The van der Waals surface area contributed by atoms with Gasteiger partial charge in [-0.1, -0.05) is 188 Å². The number of aromatic nitrogens is 3. The van der Waals surface area contributed by atoms with E-state index in [1.165, 1.54) is 11.1 Å². The third kappa shape index (κ3) is 5.93.